The Morgan fingerprint density at radius 3 is 2.02 bits per heavy atom. The summed E-state index contributed by atoms with van der Waals surface area (Å²) in [6.07, 6.45) is 6.02. The van der Waals surface area contributed by atoms with Crippen molar-refractivity contribution in [1.29, 1.82) is 0 Å². The number of thiophene rings is 1. The number of aromatic nitrogens is 5. The summed E-state index contributed by atoms with van der Waals surface area (Å²) < 4.78 is 9.50. The van der Waals surface area contributed by atoms with E-state index in [0.717, 1.165) is 43.5 Å². The predicted molar refractivity (Wildman–Crippen MR) is 260 cm³/mol. The van der Waals surface area contributed by atoms with E-state index in [1.165, 1.54) is 86.2 Å². The van der Waals surface area contributed by atoms with Crippen molar-refractivity contribution in [2.75, 3.05) is 0 Å². The maximum atomic E-state index is 5.79. The van der Waals surface area contributed by atoms with Crippen LogP contribution in [0.3, 0.4) is 0 Å². The molecule has 0 aliphatic carbocycles. The number of fused-ring (bicyclic) bond motifs is 18. The molecule has 0 unspecified atom stereocenters. The Hall–Kier alpha value is -7.80. The molecule has 0 bridgehead atoms. The summed E-state index contributed by atoms with van der Waals surface area (Å²) in [6, 6.07) is 55.3. The van der Waals surface area contributed by atoms with Gasteiger partial charge in [0.25, 0.3) is 0 Å². The van der Waals surface area contributed by atoms with Gasteiger partial charge in [-0.2, -0.15) is 4.98 Å². The van der Waals surface area contributed by atoms with Gasteiger partial charge in [0.05, 0.1) is 48.8 Å². The van der Waals surface area contributed by atoms with Crippen LogP contribution >= 0.6 is 11.3 Å². The smallest absolute Gasteiger partial charge is 0.237 e. The Kier molecular flexibility index (Phi) is 6.46. The van der Waals surface area contributed by atoms with E-state index < -0.39 is 0 Å². The molecule has 61 heavy (non-hydrogen) atoms. The summed E-state index contributed by atoms with van der Waals surface area (Å²) in [6.45, 7) is 6.18. The number of nitrogens with zero attached hydrogens (tertiary/aromatic N) is 5. The van der Waals surface area contributed by atoms with E-state index in [0.29, 0.717) is 5.95 Å². The number of benzene rings is 8. The average Bonchev–Trinajstić information content (AvgIpc) is 4.10. The molecule has 0 fully saturated rings. The van der Waals surface area contributed by atoms with Gasteiger partial charge >= 0.3 is 0 Å². The van der Waals surface area contributed by atoms with E-state index in [-0.39, 0.29) is 0 Å². The van der Waals surface area contributed by atoms with Crippen LogP contribution in [0.5, 0.6) is 0 Å². The lowest BCUT2D eigenvalue weighted by molar-refractivity contribution is 0.978. The van der Waals surface area contributed by atoms with E-state index in [9.17, 15) is 0 Å². The highest BCUT2D eigenvalue weighted by Crippen LogP contribution is 2.48. The Morgan fingerprint density at radius 1 is 0.525 bits per heavy atom. The van der Waals surface area contributed by atoms with E-state index in [1.54, 1.807) is 11.3 Å². The molecule has 5 nitrogen and oxygen atoms in total. The number of hydrogen-bond donors (Lipinski definition) is 0. The molecule has 6 aromatic heterocycles. The van der Waals surface area contributed by atoms with Crippen molar-refractivity contribution >= 4 is 130 Å². The number of hydrogen-bond acceptors (Lipinski definition) is 3. The molecule has 6 heteroatoms. The zero-order valence-corrected chi connectivity index (χ0v) is 33.8. The molecular weight excluding hydrogens is 763 g/mol. The first-order valence-electron chi connectivity index (χ1n) is 20.7. The third-order valence-electron chi connectivity index (χ3n) is 13.1. The molecule has 6 heterocycles. The summed E-state index contributed by atoms with van der Waals surface area (Å²) in [5.41, 5.74) is 11.5. The van der Waals surface area contributed by atoms with Gasteiger partial charge in [-0.3, -0.25) is 9.13 Å². The fraction of sp³-hybridized carbons (Fsp3) is 0.0182. The molecule has 0 radical (unpaired) electrons. The number of allylic oxidation sites excluding steroid dienone is 2. The van der Waals surface area contributed by atoms with Crippen LogP contribution in [0.1, 0.15) is 11.1 Å². The SMILES string of the molecule is C=C/C=C\c1ccc2c3cc4c5ccccc5n(-c5nc(-n6c7ccccc7c7c8ccccc8ccc76)c6sc7ccccc7c6n5)c4c4c5ccccc5n(c2c1C)c34. The molecule has 0 aliphatic rings. The van der Waals surface area contributed by atoms with Crippen LogP contribution in [0.2, 0.25) is 0 Å². The van der Waals surface area contributed by atoms with E-state index >= 15 is 0 Å². The minimum atomic E-state index is 0.652. The fourth-order valence-corrected chi connectivity index (χ4v) is 11.7. The molecule has 0 N–H and O–H groups in total. The molecule has 0 atom stereocenters. The predicted octanol–water partition coefficient (Wildman–Crippen LogP) is 14.8. The molecule has 284 valence electrons. The summed E-state index contributed by atoms with van der Waals surface area (Å²) in [7, 11) is 0. The van der Waals surface area contributed by atoms with Crippen molar-refractivity contribution in [2.24, 2.45) is 0 Å². The molecule has 0 aliphatic heterocycles. The third-order valence-corrected chi connectivity index (χ3v) is 14.3. The Labute approximate surface area is 352 Å². The lowest BCUT2D eigenvalue weighted by Crippen LogP contribution is -2.06. The Morgan fingerprint density at radius 2 is 1.20 bits per heavy atom. The van der Waals surface area contributed by atoms with Gasteiger partial charge < -0.3 is 4.40 Å². The molecule has 8 aromatic carbocycles. The van der Waals surface area contributed by atoms with Gasteiger partial charge in [-0.05, 0) is 65.2 Å². The molecule has 14 aromatic rings. The van der Waals surface area contributed by atoms with Gasteiger partial charge in [0.1, 0.15) is 0 Å². The molecule has 0 spiro atoms. The molecule has 0 saturated heterocycles. The van der Waals surface area contributed by atoms with Crippen molar-refractivity contribution < 1.29 is 0 Å². The normalized spacial score (nSPS) is 12.7. The highest BCUT2D eigenvalue weighted by atomic mass is 32.1. The fourth-order valence-electron chi connectivity index (χ4n) is 10.6. The van der Waals surface area contributed by atoms with Crippen LogP contribution < -0.4 is 0 Å². The molecule has 14 rings (SSSR count). The lowest BCUT2D eigenvalue weighted by Gasteiger charge is -2.13. The summed E-state index contributed by atoms with van der Waals surface area (Å²) in [5, 5.41) is 13.3. The number of rotatable bonds is 4. The van der Waals surface area contributed by atoms with Crippen LogP contribution in [0.4, 0.5) is 0 Å². The minimum absolute atomic E-state index is 0.652. The van der Waals surface area contributed by atoms with Crippen LogP contribution in [0.15, 0.2) is 170 Å². The second-order valence-corrected chi connectivity index (χ2v) is 17.2. The van der Waals surface area contributed by atoms with Crippen molar-refractivity contribution in [3.05, 3.63) is 182 Å². The van der Waals surface area contributed by atoms with Crippen molar-refractivity contribution in [1.82, 2.24) is 23.5 Å². The largest absolute Gasteiger partial charge is 0.308 e. The Bertz CT molecular complexity index is 4270. The van der Waals surface area contributed by atoms with Crippen molar-refractivity contribution in [3.63, 3.8) is 0 Å². The highest BCUT2D eigenvalue weighted by Gasteiger charge is 2.28. The van der Waals surface area contributed by atoms with E-state index in [4.69, 9.17) is 9.97 Å². The van der Waals surface area contributed by atoms with Crippen molar-refractivity contribution in [2.45, 2.75) is 6.92 Å². The topological polar surface area (TPSA) is 40.0 Å². The zero-order valence-electron chi connectivity index (χ0n) is 33.0. The number of para-hydroxylation sites is 3. The van der Waals surface area contributed by atoms with Gasteiger partial charge in [-0.1, -0.05) is 140 Å². The standard InChI is InChI=1S/C55H33N5S/c1-3-4-15-32-26-28-36-41-30-40-35-18-7-11-22-42(35)60(52(40)48-38-20-9-13-24-44(38)59(51(41)48)50(36)31(32)2)55-56-49-39-21-10-14-25-46(39)61-53(49)54(57-55)58-43-23-12-8-19-37(43)47-34-17-6-5-16-33(34)27-29-45(47)58/h3-30H,1H2,2H3/b15-4-. The van der Waals surface area contributed by atoms with Gasteiger partial charge in [-0.15, -0.1) is 11.3 Å². The average molecular weight is 796 g/mol. The lowest BCUT2D eigenvalue weighted by atomic mass is 10.0. The van der Waals surface area contributed by atoms with Gasteiger partial charge in [0.2, 0.25) is 5.95 Å². The molecule has 0 amide bonds. The van der Waals surface area contributed by atoms with Gasteiger partial charge in [-0.25, -0.2) is 4.98 Å². The van der Waals surface area contributed by atoms with Gasteiger partial charge in [0.15, 0.2) is 5.82 Å². The minimum Gasteiger partial charge on any atom is -0.308 e. The quantitative estimate of drug-likeness (QED) is 0.166. The molecule has 0 saturated carbocycles. The maximum Gasteiger partial charge on any atom is 0.237 e. The number of aryl methyl sites for hydroxylation is 1. The van der Waals surface area contributed by atoms with Gasteiger partial charge in [0, 0.05) is 53.2 Å². The van der Waals surface area contributed by atoms with Crippen LogP contribution in [0.25, 0.3) is 131 Å². The van der Waals surface area contributed by atoms with Crippen LogP contribution in [0, 0.1) is 6.92 Å². The van der Waals surface area contributed by atoms with Crippen LogP contribution in [-0.4, -0.2) is 23.5 Å². The zero-order chi connectivity index (χ0) is 40.1. The Balaban J connectivity index is 1.19. The van der Waals surface area contributed by atoms with E-state index in [2.05, 4.69) is 185 Å². The maximum absolute atomic E-state index is 5.79. The van der Waals surface area contributed by atoms with E-state index in [1.807, 2.05) is 12.2 Å². The highest BCUT2D eigenvalue weighted by molar-refractivity contribution is 7.26. The molecular formula is C55H33N5S. The first-order valence-corrected chi connectivity index (χ1v) is 21.5. The van der Waals surface area contributed by atoms with Crippen molar-refractivity contribution in [3.8, 4) is 11.8 Å². The first-order chi connectivity index (χ1) is 30.2. The summed E-state index contributed by atoms with van der Waals surface area (Å²) >= 11 is 1.77. The summed E-state index contributed by atoms with van der Waals surface area (Å²) in [4.78, 5) is 11.4. The first kappa shape index (κ1) is 33.1. The third kappa shape index (κ3) is 4.19. The van der Waals surface area contributed by atoms with Crippen LogP contribution in [-0.2, 0) is 0 Å². The second-order valence-electron chi connectivity index (χ2n) is 16.2. The summed E-state index contributed by atoms with van der Waals surface area (Å²) in [5.74, 6) is 1.54. The monoisotopic (exact) mass is 795 g/mol. The second kappa shape index (κ2) is 11.9.